The number of urea groups is 1. The Morgan fingerprint density at radius 1 is 0.978 bits per heavy atom. The molecule has 0 unspecified atom stereocenters. The molecule has 0 atom stereocenters. The number of aromatic amines is 1. The quantitative estimate of drug-likeness (QED) is 0.335. The third-order valence-corrected chi connectivity index (χ3v) is 9.10. The van der Waals surface area contributed by atoms with E-state index in [4.69, 9.17) is 9.47 Å². The molecule has 6 rings (SSSR count). The summed E-state index contributed by atoms with van der Waals surface area (Å²) in [7, 11) is 0. The van der Waals surface area contributed by atoms with Gasteiger partial charge in [-0.05, 0) is 65.4 Å². The Morgan fingerprint density at radius 3 is 2.38 bits per heavy atom. The van der Waals surface area contributed by atoms with Crippen LogP contribution in [0.25, 0.3) is 11.3 Å². The second-order valence-corrected chi connectivity index (χ2v) is 13.4. The van der Waals surface area contributed by atoms with Crippen molar-refractivity contribution in [3.05, 3.63) is 35.0 Å². The third kappa shape index (κ3) is 6.84. The number of H-pyrrole nitrogens is 1. The summed E-state index contributed by atoms with van der Waals surface area (Å²) in [6.07, 6.45) is 4.02. The van der Waals surface area contributed by atoms with Crippen molar-refractivity contribution >= 4 is 29.5 Å². The van der Waals surface area contributed by atoms with E-state index in [0.717, 1.165) is 44.2 Å². The molecule has 4 amide bonds. The van der Waals surface area contributed by atoms with Gasteiger partial charge in [0, 0.05) is 49.6 Å². The van der Waals surface area contributed by atoms with Crippen molar-refractivity contribution in [3.8, 4) is 11.3 Å². The highest BCUT2D eigenvalue weighted by atomic mass is 16.6. The van der Waals surface area contributed by atoms with Crippen LogP contribution in [0, 0.1) is 5.92 Å². The monoisotopic (exact) mass is 621 g/mol. The van der Waals surface area contributed by atoms with E-state index in [1.165, 1.54) is 0 Å². The number of benzene rings is 1. The van der Waals surface area contributed by atoms with E-state index in [1.54, 1.807) is 11.1 Å². The Morgan fingerprint density at radius 2 is 1.69 bits per heavy atom. The smallest absolute Gasteiger partial charge is 0.407 e. The van der Waals surface area contributed by atoms with Gasteiger partial charge in [-0.1, -0.05) is 12.1 Å². The molecule has 1 aromatic heterocycles. The molecule has 2 aliphatic heterocycles. The number of hydrazine groups is 1. The van der Waals surface area contributed by atoms with Crippen molar-refractivity contribution in [2.75, 3.05) is 44.7 Å². The van der Waals surface area contributed by atoms with E-state index in [-0.39, 0.29) is 29.6 Å². The van der Waals surface area contributed by atoms with Crippen molar-refractivity contribution in [2.24, 2.45) is 5.92 Å². The predicted octanol–water partition coefficient (Wildman–Crippen LogP) is 3.78. The standard InChI is InChI=1S/C32H43N7O6/c1-32(2,3)45-31(43)33-21-9-7-20(8-10-21)29(41)38-13-11-19(12-14-38)26-25-27(36-35-26)22-5-4-6-23(24(22)28(25)40)34-30(42)37-39-15-17-44-18-16-39/h4-6,19-21H,7-18H2,1-3H3,(H,33,43)(H,35,36)(H2,34,37,42)/t20-,21-. The predicted molar refractivity (Wildman–Crippen MR) is 166 cm³/mol. The second-order valence-electron chi connectivity index (χ2n) is 13.4. The number of carbonyl (C=O) groups excluding carboxylic acids is 4. The molecule has 4 aliphatic rings. The molecule has 0 radical (unpaired) electrons. The number of fused-ring (bicyclic) bond motifs is 3. The molecule has 13 heteroatoms. The number of anilines is 1. The van der Waals surface area contributed by atoms with Crippen molar-refractivity contribution < 1.29 is 28.7 Å². The molecule has 2 aliphatic carbocycles. The number of rotatable bonds is 5. The molecule has 0 bridgehead atoms. The SMILES string of the molecule is CC(C)(C)OC(=O)N[C@H]1CC[C@H](C(=O)N2CCC(c3[nH]nc4c3C(=O)c3c(NC(=O)NN5CCOCC5)cccc3-4)CC2)CC1. The summed E-state index contributed by atoms with van der Waals surface area (Å²) in [6, 6.07) is 5.01. The first-order chi connectivity index (χ1) is 21.6. The summed E-state index contributed by atoms with van der Waals surface area (Å²) in [6.45, 7) is 9.03. The zero-order valence-corrected chi connectivity index (χ0v) is 26.2. The van der Waals surface area contributed by atoms with Crippen molar-refractivity contribution in [1.29, 1.82) is 0 Å². The first-order valence-corrected chi connectivity index (χ1v) is 16.0. The molecular formula is C32H43N7O6. The lowest BCUT2D eigenvalue weighted by molar-refractivity contribution is -0.137. The van der Waals surface area contributed by atoms with Crippen LogP contribution in [0.1, 0.15) is 86.8 Å². The number of morpholine rings is 1. The molecule has 13 nitrogen and oxygen atoms in total. The maximum absolute atomic E-state index is 13.8. The van der Waals surface area contributed by atoms with Crippen molar-refractivity contribution in [3.63, 3.8) is 0 Å². The fraction of sp³-hybridized carbons (Fsp3) is 0.594. The highest BCUT2D eigenvalue weighted by Crippen LogP contribution is 2.43. The average molecular weight is 622 g/mol. The van der Waals surface area contributed by atoms with Gasteiger partial charge in [0.15, 0.2) is 5.78 Å². The lowest BCUT2D eigenvalue weighted by atomic mass is 9.84. The van der Waals surface area contributed by atoms with Gasteiger partial charge in [0.25, 0.3) is 0 Å². The third-order valence-electron chi connectivity index (χ3n) is 9.10. The topological polar surface area (TPSA) is 158 Å². The van der Waals surface area contributed by atoms with Gasteiger partial charge < -0.3 is 25.0 Å². The van der Waals surface area contributed by atoms with Crippen LogP contribution in [-0.4, -0.2) is 95.0 Å². The number of aromatic nitrogens is 2. The van der Waals surface area contributed by atoms with Crippen molar-refractivity contribution in [1.82, 2.24) is 30.8 Å². The number of alkyl carbamates (subject to hydrolysis) is 1. The summed E-state index contributed by atoms with van der Waals surface area (Å²) in [5.41, 5.74) is 5.85. The minimum Gasteiger partial charge on any atom is -0.444 e. The van der Waals surface area contributed by atoms with Crippen LogP contribution in [0.2, 0.25) is 0 Å². The number of nitrogens with one attached hydrogen (secondary N) is 4. The van der Waals surface area contributed by atoms with Crippen LogP contribution in [-0.2, 0) is 14.3 Å². The average Bonchev–Trinajstić information content (AvgIpc) is 3.57. The van der Waals surface area contributed by atoms with Gasteiger partial charge in [-0.2, -0.15) is 5.10 Å². The molecule has 3 fully saturated rings. The number of likely N-dealkylation sites (tertiary alicyclic amines) is 1. The van der Waals surface area contributed by atoms with Gasteiger partial charge >= 0.3 is 12.1 Å². The number of ether oxygens (including phenoxy) is 2. The Kier molecular flexibility index (Phi) is 8.82. The van der Waals surface area contributed by atoms with E-state index < -0.39 is 17.7 Å². The van der Waals surface area contributed by atoms with Crippen LogP contribution in [0.3, 0.4) is 0 Å². The minimum atomic E-state index is -0.543. The van der Waals surface area contributed by atoms with E-state index in [1.807, 2.05) is 37.8 Å². The van der Waals surface area contributed by atoms with E-state index in [2.05, 4.69) is 26.3 Å². The largest absolute Gasteiger partial charge is 0.444 e. The molecule has 4 N–H and O–H groups in total. The second kappa shape index (κ2) is 12.8. The number of hydrogen-bond donors (Lipinski definition) is 4. The van der Waals surface area contributed by atoms with Crippen LogP contribution < -0.4 is 16.1 Å². The summed E-state index contributed by atoms with van der Waals surface area (Å²) >= 11 is 0. The fourth-order valence-corrected chi connectivity index (χ4v) is 6.87. The molecule has 242 valence electrons. The fourth-order valence-electron chi connectivity index (χ4n) is 6.87. The summed E-state index contributed by atoms with van der Waals surface area (Å²) in [5.74, 6) is 0.0466. The number of hydrogen-bond acceptors (Lipinski definition) is 8. The summed E-state index contributed by atoms with van der Waals surface area (Å²) in [4.78, 5) is 54.0. The van der Waals surface area contributed by atoms with E-state index >= 15 is 0 Å². The number of piperidine rings is 1. The number of amides is 4. The molecular weight excluding hydrogens is 578 g/mol. The summed E-state index contributed by atoms with van der Waals surface area (Å²) < 4.78 is 10.7. The molecule has 0 spiro atoms. The zero-order valence-electron chi connectivity index (χ0n) is 26.2. The molecule has 1 aromatic carbocycles. The first-order valence-electron chi connectivity index (χ1n) is 16.0. The summed E-state index contributed by atoms with van der Waals surface area (Å²) in [5, 5.41) is 15.3. The molecule has 3 heterocycles. The van der Waals surface area contributed by atoms with E-state index in [0.29, 0.717) is 67.5 Å². The molecule has 45 heavy (non-hydrogen) atoms. The van der Waals surface area contributed by atoms with Crippen LogP contribution in [0.15, 0.2) is 18.2 Å². The van der Waals surface area contributed by atoms with Gasteiger partial charge in [-0.15, -0.1) is 0 Å². The number of ketones is 1. The van der Waals surface area contributed by atoms with Gasteiger partial charge in [0.1, 0.15) is 11.3 Å². The Labute approximate surface area is 262 Å². The number of carbonyl (C=O) groups is 4. The highest BCUT2D eigenvalue weighted by molar-refractivity contribution is 6.25. The lowest BCUT2D eigenvalue weighted by Gasteiger charge is -2.36. The minimum absolute atomic E-state index is 0.0219. The van der Waals surface area contributed by atoms with Gasteiger partial charge in [0.2, 0.25) is 5.91 Å². The molecule has 2 saturated heterocycles. The zero-order chi connectivity index (χ0) is 31.7. The van der Waals surface area contributed by atoms with Gasteiger partial charge in [-0.25, -0.2) is 14.6 Å². The maximum Gasteiger partial charge on any atom is 0.407 e. The highest BCUT2D eigenvalue weighted by Gasteiger charge is 2.39. The Hall–Kier alpha value is -3.97. The maximum atomic E-state index is 13.8. The lowest BCUT2D eigenvalue weighted by Crippen LogP contribution is -2.49. The van der Waals surface area contributed by atoms with Crippen LogP contribution in [0.5, 0.6) is 0 Å². The Balaban J connectivity index is 1.03. The number of nitrogens with zero attached hydrogens (tertiary/aromatic N) is 3. The normalized spacial score (nSPS) is 22.4. The van der Waals surface area contributed by atoms with Crippen LogP contribution in [0.4, 0.5) is 15.3 Å². The van der Waals surface area contributed by atoms with E-state index in [9.17, 15) is 19.2 Å². The van der Waals surface area contributed by atoms with Crippen LogP contribution >= 0.6 is 0 Å². The molecule has 1 saturated carbocycles. The first kappa shape index (κ1) is 31.0. The van der Waals surface area contributed by atoms with Gasteiger partial charge in [-0.3, -0.25) is 20.1 Å². The Bertz CT molecular complexity index is 1440. The van der Waals surface area contributed by atoms with Gasteiger partial charge in [0.05, 0.1) is 35.7 Å². The molecule has 2 aromatic rings. The van der Waals surface area contributed by atoms with Crippen molar-refractivity contribution in [2.45, 2.75) is 76.9 Å².